The maximum absolute atomic E-state index is 12.3. The third-order valence-electron chi connectivity index (χ3n) is 5.69. The highest BCUT2D eigenvalue weighted by atomic mass is 127. The molecule has 1 saturated carbocycles. The van der Waals surface area contributed by atoms with E-state index in [0.29, 0.717) is 11.8 Å². The molecule has 156 valence electrons. The zero-order valence-electron chi connectivity index (χ0n) is 17.1. The summed E-state index contributed by atoms with van der Waals surface area (Å²) in [6, 6.07) is 10.4. The van der Waals surface area contributed by atoms with Crippen LogP contribution in [0.25, 0.3) is 0 Å². The van der Waals surface area contributed by atoms with Gasteiger partial charge in [-0.2, -0.15) is 0 Å². The molecule has 0 unspecified atom stereocenters. The van der Waals surface area contributed by atoms with Crippen molar-refractivity contribution in [3.05, 3.63) is 35.9 Å². The van der Waals surface area contributed by atoms with Crippen LogP contribution in [-0.4, -0.2) is 79.9 Å². The lowest BCUT2D eigenvalue weighted by Gasteiger charge is -2.38. The number of carbonyl (C=O) groups excluding carboxylic acids is 1. The molecule has 2 aliphatic rings. The molecular weight excluding hydrogens is 465 g/mol. The van der Waals surface area contributed by atoms with Gasteiger partial charge < -0.3 is 15.1 Å². The zero-order chi connectivity index (χ0) is 19.1. The van der Waals surface area contributed by atoms with Crippen molar-refractivity contribution < 1.29 is 4.79 Å². The molecule has 2 fully saturated rings. The average Bonchev–Trinajstić information content (AvgIpc) is 2.65. The second-order valence-electron chi connectivity index (χ2n) is 7.61. The molecule has 28 heavy (non-hydrogen) atoms. The molecule has 0 spiro atoms. The molecule has 7 heteroatoms. The molecule has 1 aliphatic heterocycles. The molecule has 6 nitrogen and oxygen atoms in total. The Morgan fingerprint density at radius 3 is 2.43 bits per heavy atom. The molecule has 0 aromatic heterocycles. The lowest BCUT2D eigenvalue weighted by Crippen LogP contribution is -2.52. The van der Waals surface area contributed by atoms with Crippen molar-refractivity contribution in [3.8, 4) is 0 Å². The summed E-state index contributed by atoms with van der Waals surface area (Å²) in [6.07, 6.45) is 3.42. The highest BCUT2D eigenvalue weighted by Gasteiger charge is 2.30. The molecule has 1 saturated heterocycles. The van der Waals surface area contributed by atoms with Crippen LogP contribution in [0.15, 0.2) is 35.3 Å². The second kappa shape index (κ2) is 11.6. The number of piperazine rings is 1. The monoisotopic (exact) mass is 499 g/mol. The van der Waals surface area contributed by atoms with Gasteiger partial charge in [-0.15, -0.1) is 24.0 Å². The molecule has 0 atom stereocenters. The van der Waals surface area contributed by atoms with Crippen LogP contribution in [0, 0.1) is 5.92 Å². The number of amides is 1. The molecule has 1 heterocycles. The number of aliphatic imine (C=N–C) groups is 1. The van der Waals surface area contributed by atoms with Crippen molar-refractivity contribution in [2.75, 3.05) is 53.4 Å². The van der Waals surface area contributed by atoms with Crippen LogP contribution in [0.1, 0.15) is 24.8 Å². The van der Waals surface area contributed by atoms with Crippen molar-refractivity contribution in [1.29, 1.82) is 0 Å². The van der Waals surface area contributed by atoms with Gasteiger partial charge in [0.25, 0.3) is 0 Å². The Morgan fingerprint density at radius 1 is 1.18 bits per heavy atom. The summed E-state index contributed by atoms with van der Waals surface area (Å²) in [4.78, 5) is 23.4. The summed E-state index contributed by atoms with van der Waals surface area (Å²) in [6.45, 7) is 6.36. The quantitative estimate of drug-likeness (QED) is 0.371. The molecule has 1 N–H and O–H groups in total. The van der Waals surface area contributed by atoms with Crippen LogP contribution in [0.4, 0.5) is 0 Å². The van der Waals surface area contributed by atoms with Gasteiger partial charge in [0.05, 0.1) is 0 Å². The summed E-state index contributed by atoms with van der Waals surface area (Å²) >= 11 is 0. The Hall–Kier alpha value is -1.35. The van der Waals surface area contributed by atoms with Crippen molar-refractivity contribution in [2.24, 2.45) is 10.9 Å². The number of rotatable bonds is 6. The highest BCUT2D eigenvalue weighted by molar-refractivity contribution is 14.0. The number of guanidine groups is 1. The summed E-state index contributed by atoms with van der Waals surface area (Å²) in [5, 5.41) is 3.46. The summed E-state index contributed by atoms with van der Waals surface area (Å²) < 4.78 is 0. The van der Waals surface area contributed by atoms with Gasteiger partial charge in [0, 0.05) is 65.8 Å². The minimum absolute atomic E-state index is 0. The molecule has 1 amide bonds. The van der Waals surface area contributed by atoms with E-state index in [0.717, 1.165) is 64.6 Å². The molecule has 0 radical (unpaired) electrons. The van der Waals surface area contributed by atoms with E-state index in [9.17, 15) is 4.79 Å². The molecule has 1 aromatic rings. The number of halogens is 1. The van der Waals surface area contributed by atoms with E-state index < -0.39 is 0 Å². The van der Waals surface area contributed by atoms with Crippen molar-refractivity contribution >= 4 is 35.8 Å². The molecule has 0 bridgehead atoms. The van der Waals surface area contributed by atoms with Gasteiger partial charge in [0.2, 0.25) is 5.91 Å². The van der Waals surface area contributed by atoms with Crippen LogP contribution >= 0.6 is 24.0 Å². The van der Waals surface area contributed by atoms with E-state index in [4.69, 9.17) is 0 Å². The Balaban J connectivity index is 0.00000280. The number of nitrogens with zero attached hydrogens (tertiary/aromatic N) is 4. The third kappa shape index (κ3) is 6.34. The van der Waals surface area contributed by atoms with Gasteiger partial charge in [0.1, 0.15) is 0 Å². The molecule has 1 aromatic carbocycles. The SMILES string of the molecule is CN=C(NCCN1CCN(C(=O)C2CCC2)CC1)N(C)Cc1ccccc1.I. The summed E-state index contributed by atoms with van der Waals surface area (Å²) in [5.74, 6) is 1.63. The Morgan fingerprint density at radius 2 is 1.86 bits per heavy atom. The fourth-order valence-corrected chi connectivity index (χ4v) is 3.75. The first-order valence-corrected chi connectivity index (χ1v) is 10.1. The van der Waals surface area contributed by atoms with E-state index in [1.165, 1.54) is 12.0 Å². The zero-order valence-corrected chi connectivity index (χ0v) is 19.5. The van der Waals surface area contributed by atoms with Crippen LogP contribution in [0.3, 0.4) is 0 Å². The number of nitrogens with one attached hydrogen (secondary N) is 1. The van der Waals surface area contributed by atoms with Gasteiger partial charge in [0.15, 0.2) is 5.96 Å². The number of hydrogen-bond acceptors (Lipinski definition) is 3. The first-order valence-electron chi connectivity index (χ1n) is 10.1. The molecule has 3 rings (SSSR count). The van der Waals surface area contributed by atoms with Gasteiger partial charge in [-0.3, -0.25) is 14.7 Å². The maximum Gasteiger partial charge on any atom is 0.225 e. The van der Waals surface area contributed by atoms with E-state index in [2.05, 4.69) is 56.3 Å². The smallest absolute Gasteiger partial charge is 0.225 e. The number of hydrogen-bond donors (Lipinski definition) is 1. The van der Waals surface area contributed by atoms with Crippen LogP contribution in [0.2, 0.25) is 0 Å². The van der Waals surface area contributed by atoms with E-state index in [-0.39, 0.29) is 24.0 Å². The number of benzene rings is 1. The molecular formula is C21H34IN5O. The van der Waals surface area contributed by atoms with E-state index >= 15 is 0 Å². The topological polar surface area (TPSA) is 51.2 Å². The third-order valence-corrected chi connectivity index (χ3v) is 5.69. The minimum Gasteiger partial charge on any atom is -0.355 e. The minimum atomic E-state index is 0. The van der Waals surface area contributed by atoms with E-state index in [1.54, 1.807) is 0 Å². The average molecular weight is 499 g/mol. The Kier molecular flexibility index (Phi) is 9.50. The highest BCUT2D eigenvalue weighted by Crippen LogP contribution is 2.28. The first-order chi connectivity index (χ1) is 13.2. The van der Waals surface area contributed by atoms with Crippen LogP contribution in [0.5, 0.6) is 0 Å². The van der Waals surface area contributed by atoms with Gasteiger partial charge in [-0.1, -0.05) is 36.8 Å². The fraction of sp³-hybridized carbons (Fsp3) is 0.619. The summed E-state index contributed by atoms with van der Waals surface area (Å²) in [7, 11) is 3.89. The first kappa shape index (κ1) is 22.9. The Bertz CT molecular complexity index is 627. The largest absolute Gasteiger partial charge is 0.355 e. The van der Waals surface area contributed by atoms with Crippen molar-refractivity contribution in [1.82, 2.24) is 20.0 Å². The van der Waals surface area contributed by atoms with Gasteiger partial charge >= 0.3 is 0 Å². The predicted molar refractivity (Wildman–Crippen MR) is 125 cm³/mol. The maximum atomic E-state index is 12.3. The lowest BCUT2D eigenvalue weighted by atomic mass is 9.84. The standard InChI is InChI=1S/C21H33N5O.HI/c1-22-21(24(2)17-18-7-4-3-5-8-18)23-11-12-25-13-15-26(16-14-25)20(27)19-9-6-10-19;/h3-5,7-8,19H,6,9-17H2,1-2H3,(H,22,23);1H. The van der Waals surface area contributed by atoms with Crippen molar-refractivity contribution in [3.63, 3.8) is 0 Å². The normalized spacial score (nSPS) is 18.2. The number of carbonyl (C=O) groups is 1. The van der Waals surface area contributed by atoms with Gasteiger partial charge in [-0.05, 0) is 18.4 Å². The van der Waals surface area contributed by atoms with Gasteiger partial charge in [-0.25, -0.2) is 0 Å². The predicted octanol–water partition coefficient (Wildman–Crippen LogP) is 2.26. The fourth-order valence-electron chi connectivity index (χ4n) is 3.75. The second-order valence-corrected chi connectivity index (χ2v) is 7.61. The van der Waals surface area contributed by atoms with Crippen LogP contribution < -0.4 is 5.32 Å². The Labute approximate surface area is 186 Å². The van der Waals surface area contributed by atoms with Crippen LogP contribution in [-0.2, 0) is 11.3 Å². The lowest BCUT2D eigenvalue weighted by molar-refractivity contribution is -0.139. The van der Waals surface area contributed by atoms with Crippen molar-refractivity contribution in [2.45, 2.75) is 25.8 Å². The van der Waals surface area contributed by atoms with E-state index in [1.807, 2.05) is 13.1 Å². The molecule has 1 aliphatic carbocycles. The summed E-state index contributed by atoms with van der Waals surface area (Å²) in [5.41, 5.74) is 1.27.